The number of hydrogen-bond donors (Lipinski definition) is 3. The van der Waals surface area contributed by atoms with E-state index in [2.05, 4.69) is 30.5 Å². The van der Waals surface area contributed by atoms with Crippen molar-refractivity contribution in [2.24, 2.45) is 4.99 Å². The van der Waals surface area contributed by atoms with Crippen LogP contribution in [0.5, 0.6) is 0 Å². The van der Waals surface area contributed by atoms with Crippen LogP contribution in [-0.2, 0) is 11.2 Å². The number of rotatable bonds is 4. The van der Waals surface area contributed by atoms with Crippen LogP contribution in [-0.4, -0.2) is 65.2 Å². The average molecular weight is 514 g/mol. The fraction of sp³-hybridized carbons (Fsp3) is 0.550. The zero-order chi connectivity index (χ0) is 20.1. The van der Waals surface area contributed by atoms with Gasteiger partial charge in [0.05, 0.1) is 17.1 Å². The number of carbonyl (C=O) groups is 1. The summed E-state index contributed by atoms with van der Waals surface area (Å²) in [5.41, 5.74) is 1.55. The molecule has 3 rings (SSSR count). The van der Waals surface area contributed by atoms with Gasteiger partial charge in [-0.3, -0.25) is 4.99 Å². The molecule has 8 nitrogen and oxygen atoms in total. The minimum Gasteiger partial charge on any atom is -0.444 e. The molecule has 1 amide bonds. The highest BCUT2D eigenvalue weighted by Crippen LogP contribution is 2.13. The first-order valence-electron chi connectivity index (χ1n) is 9.73. The van der Waals surface area contributed by atoms with Crippen LogP contribution in [0.4, 0.5) is 4.79 Å². The summed E-state index contributed by atoms with van der Waals surface area (Å²) in [6.45, 7) is 7.87. The van der Waals surface area contributed by atoms with Crippen molar-refractivity contribution in [3.05, 3.63) is 30.1 Å². The molecule has 1 fully saturated rings. The van der Waals surface area contributed by atoms with Gasteiger partial charge >= 0.3 is 6.09 Å². The highest BCUT2D eigenvalue weighted by atomic mass is 127. The molecule has 3 N–H and O–H groups in total. The van der Waals surface area contributed by atoms with Gasteiger partial charge in [-0.05, 0) is 39.3 Å². The molecular formula is C20H31IN6O2. The number of benzene rings is 1. The summed E-state index contributed by atoms with van der Waals surface area (Å²) in [7, 11) is 1.78. The summed E-state index contributed by atoms with van der Waals surface area (Å²) in [5.74, 6) is 1.79. The lowest BCUT2D eigenvalue weighted by atomic mass is 10.2. The Morgan fingerprint density at radius 2 is 2.14 bits per heavy atom. The highest BCUT2D eigenvalue weighted by Gasteiger charge is 2.27. The van der Waals surface area contributed by atoms with Crippen molar-refractivity contribution >= 4 is 47.1 Å². The normalized spacial score (nSPS) is 17.2. The van der Waals surface area contributed by atoms with Gasteiger partial charge in [-0.1, -0.05) is 12.1 Å². The van der Waals surface area contributed by atoms with E-state index >= 15 is 0 Å². The molecule has 1 aromatic carbocycles. The van der Waals surface area contributed by atoms with Gasteiger partial charge in [-0.2, -0.15) is 0 Å². The molecule has 29 heavy (non-hydrogen) atoms. The maximum absolute atomic E-state index is 12.0. The van der Waals surface area contributed by atoms with Gasteiger partial charge in [0, 0.05) is 33.1 Å². The van der Waals surface area contributed by atoms with Gasteiger partial charge in [-0.15, -0.1) is 24.0 Å². The molecule has 1 aliphatic heterocycles. The summed E-state index contributed by atoms with van der Waals surface area (Å²) in [6.07, 6.45) is 1.28. The number of nitrogens with one attached hydrogen (secondary N) is 3. The van der Waals surface area contributed by atoms with Crippen LogP contribution < -0.4 is 10.6 Å². The molecule has 0 saturated carbocycles. The fourth-order valence-electron chi connectivity index (χ4n) is 3.29. The standard InChI is InChI=1S/C20H30N6O2.HI/c1-20(2,3)28-19(27)23-14-10-12-26(13-14)18(21-4)22-11-9-17-24-15-7-5-6-8-16(15)25-17;/h5-8,14H,9-13H2,1-4H3,(H,21,22)(H,23,27)(H,24,25);1H. The van der Waals surface area contributed by atoms with Crippen molar-refractivity contribution in [2.75, 3.05) is 26.7 Å². The largest absolute Gasteiger partial charge is 0.444 e. The molecule has 0 bridgehead atoms. The minimum absolute atomic E-state index is 0. The Labute approximate surface area is 188 Å². The SMILES string of the molecule is CN=C(NCCc1nc2ccccc2[nH]1)N1CCC(NC(=O)OC(C)(C)C)C1.I. The number of guanidine groups is 1. The van der Waals surface area contributed by atoms with E-state index in [1.54, 1.807) is 7.05 Å². The Morgan fingerprint density at radius 3 is 2.83 bits per heavy atom. The summed E-state index contributed by atoms with van der Waals surface area (Å²) < 4.78 is 5.34. The number of imidazole rings is 1. The van der Waals surface area contributed by atoms with Crippen molar-refractivity contribution in [3.63, 3.8) is 0 Å². The van der Waals surface area contributed by atoms with E-state index in [-0.39, 0.29) is 36.1 Å². The lowest BCUT2D eigenvalue weighted by Gasteiger charge is -2.23. The number of likely N-dealkylation sites (tertiary alicyclic amines) is 1. The smallest absolute Gasteiger partial charge is 0.407 e. The number of alkyl carbamates (subject to hydrolysis) is 1. The van der Waals surface area contributed by atoms with Crippen LogP contribution in [0.2, 0.25) is 0 Å². The van der Waals surface area contributed by atoms with E-state index in [0.717, 1.165) is 48.7 Å². The zero-order valence-corrected chi connectivity index (χ0v) is 19.8. The molecule has 160 valence electrons. The predicted octanol–water partition coefficient (Wildman–Crippen LogP) is 2.90. The van der Waals surface area contributed by atoms with Crippen LogP contribution >= 0.6 is 24.0 Å². The Morgan fingerprint density at radius 1 is 1.38 bits per heavy atom. The topological polar surface area (TPSA) is 94.6 Å². The van der Waals surface area contributed by atoms with E-state index < -0.39 is 5.60 Å². The Balaban J connectivity index is 0.00000300. The molecule has 1 atom stereocenters. The molecule has 1 aromatic heterocycles. The van der Waals surface area contributed by atoms with E-state index in [9.17, 15) is 4.79 Å². The molecule has 1 saturated heterocycles. The summed E-state index contributed by atoms with van der Waals surface area (Å²) in [6, 6.07) is 8.08. The molecule has 0 aliphatic carbocycles. The fourth-order valence-corrected chi connectivity index (χ4v) is 3.29. The first-order chi connectivity index (χ1) is 13.3. The first kappa shape index (κ1) is 23.2. The molecular weight excluding hydrogens is 483 g/mol. The molecule has 9 heteroatoms. The summed E-state index contributed by atoms with van der Waals surface area (Å²) in [4.78, 5) is 26.4. The number of carbonyl (C=O) groups excluding carboxylic acids is 1. The minimum atomic E-state index is -0.489. The highest BCUT2D eigenvalue weighted by molar-refractivity contribution is 14.0. The molecule has 0 radical (unpaired) electrons. The second-order valence-electron chi connectivity index (χ2n) is 8.00. The predicted molar refractivity (Wildman–Crippen MR) is 126 cm³/mol. The van der Waals surface area contributed by atoms with Gasteiger partial charge in [-0.25, -0.2) is 9.78 Å². The van der Waals surface area contributed by atoms with Crippen LogP contribution in [0.25, 0.3) is 11.0 Å². The number of ether oxygens (including phenoxy) is 1. The van der Waals surface area contributed by atoms with E-state index in [1.165, 1.54) is 0 Å². The van der Waals surface area contributed by atoms with Crippen LogP contribution in [0.3, 0.4) is 0 Å². The first-order valence-corrected chi connectivity index (χ1v) is 9.73. The number of fused-ring (bicyclic) bond motifs is 1. The number of hydrogen-bond acceptors (Lipinski definition) is 4. The van der Waals surface area contributed by atoms with E-state index in [4.69, 9.17) is 4.74 Å². The quantitative estimate of drug-likeness (QED) is 0.332. The van der Waals surface area contributed by atoms with Crippen molar-refractivity contribution in [1.29, 1.82) is 0 Å². The van der Waals surface area contributed by atoms with Gasteiger partial charge in [0.15, 0.2) is 5.96 Å². The third-order valence-corrected chi connectivity index (χ3v) is 4.50. The average Bonchev–Trinajstić information content (AvgIpc) is 3.23. The monoisotopic (exact) mass is 514 g/mol. The van der Waals surface area contributed by atoms with Gasteiger partial charge in [0.1, 0.15) is 11.4 Å². The maximum atomic E-state index is 12.0. The van der Waals surface area contributed by atoms with Gasteiger partial charge in [0.2, 0.25) is 0 Å². The number of para-hydroxylation sites is 2. The van der Waals surface area contributed by atoms with Crippen LogP contribution in [0.1, 0.15) is 33.0 Å². The van der Waals surface area contributed by atoms with Crippen molar-refractivity contribution < 1.29 is 9.53 Å². The van der Waals surface area contributed by atoms with Crippen molar-refractivity contribution in [2.45, 2.75) is 45.3 Å². The zero-order valence-electron chi connectivity index (χ0n) is 17.5. The van der Waals surface area contributed by atoms with Crippen molar-refractivity contribution in [1.82, 2.24) is 25.5 Å². The molecule has 1 aliphatic rings. The molecule has 2 heterocycles. The van der Waals surface area contributed by atoms with Crippen LogP contribution in [0, 0.1) is 0 Å². The van der Waals surface area contributed by atoms with E-state index in [1.807, 2.05) is 45.0 Å². The Bertz CT molecular complexity index is 812. The van der Waals surface area contributed by atoms with E-state index in [0.29, 0.717) is 6.54 Å². The maximum Gasteiger partial charge on any atom is 0.407 e. The number of nitrogens with zero attached hydrogens (tertiary/aromatic N) is 3. The number of aromatic nitrogens is 2. The summed E-state index contributed by atoms with van der Waals surface area (Å²) in [5, 5.41) is 6.33. The number of aromatic amines is 1. The van der Waals surface area contributed by atoms with Crippen molar-refractivity contribution in [3.8, 4) is 0 Å². The number of H-pyrrole nitrogens is 1. The molecule has 1 unspecified atom stereocenters. The Kier molecular flexibility index (Phi) is 8.12. The summed E-state index contributed by atoms with van der Waals surface area (Å²) >= 11 is 0. The number of halogens is 1. The van der Waals surface area contributed by atoms with Crippen LogP contribution in [0.15, 0.2) is 29.3 Å². The second-order valence-corrected chi connectivity index (χ2v) is 8.00. The van der Waals surface area contributed by atoms with Gasteiger partial charge < -0.3 is 25.3 Å². The number of aliphatic imine (C=N–C) groups is 1. The molecule has 0 spiro atoms. The Hall–Kier alpha value is -2.04. The third-order valence-electron chi connectivity index (χ3n) is 4.50. The molecule has 2 aromatic rings. The lowest BCUT2D eigenvalue weighted by Crippen LogP contribution is -2.44. The third kappa shape index (κ3) is 6.76. The second kappa shape index (κ2) is 10.1. The number of amides is 1. The lowest BCUT2D eigenvalue weighted by molar-refractivity contribution is 0.0507. The van der Waals surface area contributed by atoms with Gasteiger partial charge in [0.25, 0.3) is 0 Å².